The zero-order valence-corrected chi connectivity index (χ0v) is 15.9. The molecule has 0 radical (unpaired) electrons. The van der Waals surface area contributed by atoms with Gasteiger partial charge in [0.1, 0.15) is 11.5 Å². The molecule has 1 amide bonds. The maximum Gasteiger partial charge on any atom is 0.262 e. The molecule has 0 unspecified atom stereocenters. The third-order valence-corrected chi connectivity index (χ3v) is 3.96. The van der Waals surface area contributed by atoms with E-state index < -0.39 is 0 Å². The smallest absolute Gasteiger partial charge is 0.262 e. The number of methoxy groups -OCH3 is 1. The topological polar surface area (TPSA) is 47.6 Å². The summed E-state index contributed by atoms with van der Waals surface area (Å²) in [5.41, 5.74) is 1.64. The minimum absolute atomic E-state index is 0.0536. The van der Waals surface area contributed by atoms with Crippen LogP contribution in [0.1, 0.15) is 26.3 Å². The van der Waals surface area contributed by atoms with Crippen LogP contribution in [-0.2, 0) is 10.2 Å². The Labute approximate surface area is 151 Å². The molecule has 0 aromatic heterocycles. The summed E-state index contributed by atoms with van der Waals surface area (Å²) < 4.78 is 11.9. The number of benzene rings is 2. The molecule has 0 saturated heterocycles. The van der Waals surface area contributed by atoms with Gasteiger partial charge >= 0.3 is 0 Å². The monoisotopic (exact) mass is 391 g/mol. The molecule has 0 bridgehead atoms. The number of carbonyl (C=O) groups excluding carboxylic acids is 1. The Hall–Kier alpha value is -2.01. The first kappa shape index (κ1) is 18.3. The number of carbonyl (C=O) groups is 1. The molecule has 24 heavy (non-hydrogen) atoms. The third kappa shape index (κ3) is 4.99. The molecule has 0 aliphatic heterocycles. The normalized spacial score (nSPS) is 11.0. The molecule has 0 heterocycles. The molecule has 4 nitrogen and oxygen atoms in total. The van der Waals surface area contributed by atoms with Crippen LogP contribution in [0.2, 0.25) is 0 Å². The molecule has 0 atom stereocenters. The molecule has 2 aromatic rings. The highest BCUT2D eigenvalue weighted by molar-refractivity contribution is 9.10. The lowest BCUT2D eigenvalue weighted by Crippen LogP contribution is -2.22. The van der Waals surface area contributed by atoms with Gasteiger partial charge in [0.2, 0.25) is 0 Å². The van der Waals surface area contributed by atoms with Crippen molar-refractivity contribution in [2.24, 2.45) is 0 Å². The zero-order valence-electron chi connectivity index (χ0n) is 14.4. The van der Waals surface area contributed by atoms with Crippen molar-refractivity contribution in [1.29, 1.82) is 0 Å². The quantitative estimate of drug-likeness (QED) is 0.797. The van der Waals surface area contributed by atoms with E-state index in [9.17, 15) is 4.79 Å². The van der Waals surface area contributed by atoms with Gasteiger partial charge < -0.3 is 14.8 Å². The van der Waals surface area contributed by atoms with Crippen molar-refractivity contribution < 1.29 is 14.3 Å². The van der Waals surface area contributed by atoms with E-state index >= 15 is 0 Å². The number of ether oxygens (including phenoxy) is 2. The average Bonchev–Trinajstić information content (AvgIpc) is 2.53. The Morgan fingerprint density at radius 2 is 1.92 bits per heavy atom. The fourth-order valence-electron chi connectivity index (χ4n) is 2.26. The standard InChI is InChI=1S/C19H22BrNO3/c1-19(2,3)16-10-13(20)8-9-17(16)24-12-18(22)21-14-6-5-7-15(11-14)23-4/h5-11H,12H2,1-4H3,(H,21,22). The van der Waals surface area contributed by atoms with Gasteiger partial charge in [0.25, 0.3) is 5.91 Å². The molecule has 2 aromatic carbocycles. The zero-order chi connectivity index (χ0) is 17.7. The first-order valence-corrected chi connectivity index (χ1v) is 8.45. The van der Waals surface area contributed by atoms with Crippen molar-refractivity contribution in [3.63, 3.8) is 0 Å². The predicted octanol–water partition coefficient (Wildman–Crippen LogP) is 4.77. The first-order chi connectivity index (χ1) is 11.3. The van der Waals surface area contributed by atoms with Gasteiger partial charge in [-0.1, -0.05) is 42.8 Å². The van der Waals surface area contributed by atoms with Crippen molar-refractivity contribution in [2.45, 2.75) is 26.2 Å². The van der Waals surface area contributed by atoms with Gasteiger partial charge in [-0.15, -0.1) is 0 Å². The van der Waals surface area contributed by atoms with Gasteiger partial charge in [0, 0.05) is 21.8 Å². The Morgan fingerprint density at radius 3 is 2.58 bits per heavy atom. The number of anilines is 1. The summed E-state index contributed by atoms with van der Waals surface area (Å²) in [5.74, 6) is 1.19. The number of halogens is 1. The second kappa shape index (κ2) is 7.71. The minimum Gasteiger partial charge on any atom is -0.497 e. The lowest BCUT2D eigenvalue weighted by atomic mass is 9.86. The summed E-state index contributed by atoms with van der Waals surface area (Å²) in [6.07, 6.45) is 0. The van der Waals surface area contributed by atoms with E-state index in [1.807, 2.05) is 30.3 Å². The molecule has 0 spiro atoms. The molecular weight excluding hydrogens is 370 g/mol. The number of hydrogen-bond acceptors (Lipinski definition) is 3. The SMILES string of the molecule is COc1cccc(NC(=O)COc2ccc(Br)cc2C(C)(C)C)c1. The van der Waals surface area contributed by atoms with Crippen LogP contribution in [0.3, 0.4) is 0 Å². The van der Waals surface area contributed by atoms with Gasteiger partial charge in [-0.2, -0.15) is 0 Å². The van der Waals surface area contributed by atoms with Crippen LogP contribution in [0.5, 0.6) is 11.5 Å². The van der Waals surface area contributed by atoms with Crippen molar-refractivity contribution in [3.05, 3.63) is 52.5 Å². The fourth-order valence-corrected chi connectivity index (χ4v) is 2.62. The van der Waals surface area contributed by atoms with Crippen LogP contribution in [0.4, 0.5) is 5.69 Å². The van der Waals surface area contributed by atoms with E-state index in [2.05, 4.69) is 42.0 Å². The molecule has 0 aliphatic rings. The van der Waals surface area contributed by atoms with Crippen molar-refractivity contribution in [2.75, 3.05) is 19.0 Å². The second-order valence-corrected chi connectivity index (χ2v) is 7.37. The number of nitrogens with one attached hydrogen (secondary N) is 1. The first-order valence-electron chi connectivity index (χ1n) is 7.66. The van der Waals surface area contributed by atoms with Crippen LogP contribution < -0.4 is 14.8 Å². The Balaban J connectivity index is 2.04. The van der Waals surface area contributed by atoms with E-state index in [1.54, 1.807) is 19.2 Å². The Morgan fingerprint density at radius 1 is 1.17 bits per heavy atom. The highest BCUT2D eigenvalue weighted by Gasteiger charge is 2.20. The van der Waals surface area contributed by atoms with Gasteiger partial charge in [-0.05, 0) is 35.7 Å². The van der Waals surface area contributed by atoms with E-state index in [0.717, 1.165) is 10.0 Å². The third-order valence-electron chi connectivity index (χ3n) is 3.46. The van der Waals surface area contributed by atoms with Gasteiger partial charge in [-0.3, -0.25) is 4.79 Å². The van der Waals surface area contributed by atoms with E-state index in [-0.39, 0.29) is 17.9 Å². The largest absolute Gasteiger partial charge is 0.497 e. The summed E-state index contributed by atoms with van der Waals surface area (Å²) in [6.45, 7) is 6.27. The fraction of sp³-hybridized carbons (Fsp3) is 0.316. The molecule has 1 N–H and O–H groups in total. The summed E-state index contributed by atoms with van der Waals surface area (Å²) in [5, 5.41) is 2.80. The molecule has 0 saturated carbocycles. The van der Waals surface area contributed by atoms with Crippen LogP contribution in [0.15, 0.2) is 46.9 Å². The van der Waals surface area contributed by atoms with E-state index in [1.165, 1.54) is 0 Å². The molecule has 0 fully saturated rings. The van der Waals surface area contributed by atoms with Crippen molar-refractivity contribution in [3.8, 4) is 11.5 Å². The second-order valence-electron chi connectivity index (χ2n) is 6.46. The van der Waals surface area contributed by atoms with Gasteiger partial charge in [0.05, 0.1) is 7.11 Å². The van der Waals surface area contributed by atoms with Crippen LogP contribution in [0, 0.1) is 0 Å². The Kier molecular flexibility index (Phi) is 5.89. The van der Waals surface area contributed by atoms with Crippen molar-refractivity contribution >= 4 is 27.5 Å². The van der Waals surface area contributed by atoms with E-state index in [4.69, 9.17) is 9.47 Å². The number of hydrogen-bond donors (Lipinski definition) is 1. The molecule has 128 valence electrons. The lowest BCUT2D eigenvalue weighted by Gasteiger charge is -2.23. The summed E-state index contributed by atoms with van der Waals surface area (Å²) >= 11 is 3.48. The molecule has 5 heteroatoms. The summed E-state index contributed by atoms with van der Waals surface area (Å²) in [4.78, 5) is 12.1. The summed E-state index contributed by atoms with van der Waals surface area (Å²) in [6, 6.07) is 13.0. The number of amides is 1. The molecular formula is C19H22BrNO3. The summed E-state index contributed by atoms with van der Waals surface area (Å²) in [7, 11) is 1.59. The van der Waals surface area contributed by atoms with Crippen LogP contribution in [-0.4, -0.2) is 19.6 Å². The highest BCUT2D eigenvalue weighted by Crippen LogP contribution is 2.33. The average molecular weight is 392 g/mol. The van der Waals surface area contributed by atoms with E-state index in [0.29, 0.717) is 17.2 Å². The van der Waals surface area contributed by atoms with Crippen LogP contribution >= 0.6 is 15.9 Å². The van der Waals surface area contributed by atoms with Gasteiger partial charge in [0.15, 0.2) is 6.61 Å². The Bertz CT molecular complexity index is 723. The maximum atomic E-state index is 12.1. The minimum atomic E-state index is -0.217. The lowest BCUT2D eigenvalue weighted by molar-refractivity contribution is -0.118. The molecule has 0 aliphatic carbocycles. The predicted molar refractivity (Wildman–Crippen MR) is 100.0 cm³/mol. The van der Waals surface area contributed by atoms with Crippen molar-refractivity contribution in [1.82, 2.24) is 0 Å². The van der Waals surface area contributed by atoms with Gasteiger partial charge in [-0.25, -0.2) is 0 Å². The molecule has 2 rings (SSSR count). The highest BCUT2D eigenvalue weighted by atomic mass is 79.9. The number of rotatable bonds is 5. The maximum absolute atomic E-state index is 12.1. The van der Waals surface area contributed by atoms with Crippen LogP contribution in [0.25, 0.3) is 0 Å².